The van der Waals surface area contributed by atoms with Gasteiger partial charge in [-0.3, -0.25) is 0 Å². The number of halogens is 1. The lowest BCUT2D eigenvalue weighted by molar-refractivity contribution is 0.358. The molecule has 2 aromatic rings. The van der Waals surface area contributed by atoms with Gasteiger partial charge >= 0.3 is 0 Å². The minimum atomic E-state index is 0.785. The van der Waals surface area contributed by atoms with Gasteiger partial charge in [-0.2, -0.15) is 0 Å². The second kappa shape index (κ2) is 5.44. The quantitative estimate of drug-likeness (QED) is 0.807. The Bertz CT molecular complexity index is 701. The van der Waals surface area contributed by atoms with Gasteiger partial charge in [0.2, 0.25) is 0 Å². The average Bonchev–Trinajstić information content (AvgIpc) is 2.90. The van der Waals surface area contributed by atoms with E-state index in [1.807, 2.05) is 29.5 Å². The van der Waals surface area contributed by atoms with Crippen LogP contribution in [0.1, 0.15) is 16.0 Å². The first-order valence-corrected chi connectivity index (χ1v) is 8.46. The molecule has 1 N–H and O–H groups in total. The monoisotopic (exact) mass is 317 g/mol. The molecular formula is C16H16ClN3S. The van der Waals surface area contributed by atoms with Gasteiger partial charge < -0.3 is 10.2 Å². The van der Waals surface area contributed by atoms with Crippen LogP contribution in [0, 0.1) is 0 Å². The smallest absolute Gasteiger partial charge is 0.137 e. The molecule has 1 aromatic heterocycles. The maximum Gasteiger partial charge on any atom is 0.137 e. The van der Waals surface area contributed by atoms with Crippen molar-refractivity contribution in [2.75, 3.05) is 26.2 Å². The van der Waals surface area contributed by atoms with Gasteiger partial charge in [0.25, 0.3) is 0 Å². The molecule has 0 saturated carbocycles. The summed E-state index contributed by atoms with van der Waals surface area (Å²) in [6.07, 6.45) is 0.919. The molecule has 0 atom stereocenters. The molecule has 0 aliphatic carbocycles. The first-order chi connectivity index (χ1) is 10.3. The number of nitrogens with zero attached hydrogens (tertiary/aromatic N) is 2. The summed E-state index contributed by atoms with van der Waals surface area (Å²) in [5.41, 5.74) is 3.56. The van der Waals surface area contributed by atoms with Gasteiger partial charge in [-0.05, 0) is 35.2 Å². The van der Waals surface area contributed by atoms with Gasteiger partial charge in [0.15, 0.2) is 0 Å². The van der Waals surface area contributed by atoms with Crippen LogP contribution >= 0.6 is 22.9 Å². The van der Waals surface area contributed by atoms with Crippen LogP contribution in [0.2, 0.25) is 5.02 Å². The molecule has 0 radical (unpaired) electrons. The third kappa shape index (κ3) is 2.48. The zero-order valence-electron chi connectivity index (χ0n) is 11.6. The second-order valence-corrected chi connectivity index (χ2v) is 6.82. The zero-order valence-corrected chi connectivity index (χ0v) is 13.2. The number of piperazine rings is 1. The topological polar surface area (TPSA) is 27.6 Å². The molecule has 0 unspecified atom stereocenters. The molecule has 2 aliphatic rings. The molecule has 1 saturated heterocycles. The highest BCUT2D eigenvalue weighted by Gasteiger charge is 2.23. The molecule has 2 aliphatic heterocycles. The van der Waals surface area contributed by atoms with Crippen LogP contribution in [0.25, 0.3) is 0 Å². The fraction of sp³-hybridized carbons (Fsp3) is 0.312. The van der Waals surface area contributed by atoms with Crippen molar-refractivity contribution in [3.8, 4) is 0 Å². The summed E-state index contributed by atoms with van der Waals surface area (Å²) in [6.45, 7) is 4.06. The molecule has 3 heterocycles. The average molecular weight is 318 g/mol. The summed E-state index contributed by atoms with van der Waals surface area (Å²) >= 11 is 7.96. The minimum Gasteiger partial charge on any atom is -0.354 e. The van der Waals surface area contributed by atoms with Crippen LogP contribution in [0.15, 0.2) is 34.6 Å². The molecule has 0 amide bonds. The Morgan fingerprint density at radius 1 is 1.19 bits per heavy atom. The van der Waals surface area contributed by atoms with Crippen molar-refractivity contribution in [1.29, 1.82) is 0 Å². The van der Waals surface area contributed by atoms with Gasteiger partial charge in [0.05, 0.1) is 5.69 Å². The van der Waals surface area contributed by atoms with E-state index >= 15 is 0 Å². The summed E-state index contributed by atoms with van der Waals surface area (Å²) in [7, 11) is 0. The van der Waals surface area contributed by atoms with Gasteiger partial charge in [-0.15, -0.1) is 11.3 Å². The van der Waals surface area contributed by atoms with Crippen LogP contribution in [0.3, 0.4) is 0 Å². The molecule has 3 nitrogen and oxygen atoms in total. The van der Waals surface area contributed by atoms with E-state index in [1.54, 1.807) is 0 Å². The molecule has 4 rings (SSSR count). The molecule has 0 spiro atoms. The molecule has 108 valence electrons. The van der Waals surface area contributed by atoms with Crippen molar-refractivity contribution >= 4 is 34.5 Å². The van der Waals surface area contributed by atoms with Crippen molar-refractivity contribution in [2.45, 2.75) is 6.42 Å². The Morgan fingerprint density at radius 3 is 2.90 bits per heavy atom. The van der Waals surface area contributed by atoms with E-state index in [9.17, 15) is 0 Å². The van der Waals surface area contributed by atoms with E-state index < -0.39 is 0 Å². The van der Waals surface area contributed by atoms with E-state index in [1.165, 1.54) is 16.0 Å². The highest BCUT2D eigenvalue weighted by Crippen LogP contribution is 2.33. The number of hydrogen-bond acceptors (Lipinski definition) is 4. The van der Waals surface area contributed by atoms with Crippen LogP contribution in [0.4, 0.5) is 5.69 Å². The van der Waals surface area contributed by atoms with Gasteiger partial charge in [-0.25, -0.2) is 4.99 Å². The third-order valence-electron chi connectivity index (χ3n) is 4.02. The van der Waals surface area contributed by atoms with Crippen LogP contribution in [-0.2, 0) is 6.42 Å². The van der Waals surface area contributed by atoms with E-state index in [4.69, 9.17) is 16.6 Å². The zero-order chi connectivity index (χ0) is 14.2. The standard InChI is InChI=1S/C16H16ClN3S/c17-12-1-2-14-11(9-12)10-15-13(3-8-21-15)16(19-14)20-6-4-18-5-7-20/h1-3,8-9,18H,4-7,10H2. The van der Waals surface area contributed by atoms with Crippen molar-refractivity contribution in [1.82, 2.24) is 10.2 Å². The molecule has 21 heavy (non-hydrogen) atoms. The summed E-state index contributed by atoms with van der Waals surface area (Å²) < 4.78 is 0. The largest absolute Gasteiger partial charge is 0.354 e. The molecule has 1 fully saturated rings. The second-order valence-electron chi connectivity index (χ2n) is 5.38. The highest BCUT2D eigenvalue weighted by molar-refractivity contribution is 7.10. The van der Waals surface area contributed by atoms with Gasteiger partial charge in [0, 0.05) is 48.1 Å². The summed E-state index contributed by atoms with van der Waals surface area (Å²) in [5, 5.41) is 6.35. The first kappa shape index (κ1) is 13.3. The number of thiophene rings is 1. The lowest BCUT2D eigenvalue weighted by Gasteiger charge is -2.30. The first-order valence-electron chi connectivity index (χ1n) is 7.21. The number of benzene rings is 1. The van der Waals surface area contributed by atoms with Gasteiger partial charge in [0.1, 0.15) is 5.84 Å². The Kier molecular flexibility index (Phi) is 3.45. The van der Waals surface area contributed by atoms with Crippen molar-refractivity contribution in [3.63, 3.8) is 0 Å². The fourth-order valence-corrected chi connectivity index (χ4v) is 4.03. The Morgan fingerprint density at radius 2 is 2.05 bits per heavy atom. The van der Waals surface area contributed by atoms with E-state index in [-0.39, 0.29) is 0 Å². The Hall–Kier alpha value is -1.36. The Balaban J connectivity index is 1.84. The Labute approximate surface area is 133 Å². The lowest BCUT2D eigenvalue weighted by Crippen LogP contribution is -2.46. The van der Waals surface area contributed by atoms with E-state index in [2.05, 4.69) is 21.7 Å². The SMILES string of the molecule is Clc1ccc2c(c1)Cc1sccc1C(N1CCNCC1)=N2. The third-order valence-corrected chi connectivity index (χ3v) is 5.18. The predicted molar refractivity (Wildman–Crippen MR) is 89.2 cm³/mol. The van der Waals surface area contributed by atoms with Crippen LogP contribution in [0.5, 0.6) is 0 Å². The number of rotatable bonds is 0. The van der Waals surface area contributed by atoms with Crippen LogP contribution < -0.4 is 5.32 Å². The van der Waals surface area contributed by atoms with Gasteiger partial charge in [-0.1, -0.05) is 11.6 Å². The number of aliphatic imine (C=N–C) groups is 1. The number of hydrogen-bond donors (Lipinski definition) is 1. The van der Waals surface area contributed by atoms with Crippen molar-refractivity contribution in [3.05, 3.63) is 50.7 Å². The fourth-order valence-electron chi connectivity index (χ4n) is 2.95. The molecular weight excluding hydrogens is 302 g/mol. The normalized spacial score (nSPS) is 17.8. The summed E-state index contributed by atoms with van der Waals surface area (Å²) in [5.74, 6) is 1.12. The lowest BCUT2D eigenvalue weighted by atomic mass is 10.1. The maximum atomic E-state index is 6.15. The summed E-state index contributed by atoms with van der Waals surface area (Å²) in [6, 6.07) is 8.22. The van der Waals surface area contributed by atoms with Crippen LogP contribution in [-0.4, -0.2) is 36.9 Å². The van der Waals surface area contributed by atoms with E-state index in [0.29, 0.717) is 0 Å². The number of nitrogens with one attached hydrogen (secondary N) is 1. The number of fused-ring (bicyclic) bond motifs is 2. The van der Waals surface area contributed by atoms with Crippen molar-refractivity contribution in [2.24, 2.45) is 4.99 Å². The maximum absolute atomic E-state index is 6.15. The molecule has 5 heteroatoms. The van der Waals surface area contributed by atoms with E-state index in [0.717, 1.165) is 49.1 Å². The highest BCUT2D eigenvalue weighted by atomic mass is 35.5. The predicted octanol–water partition coefficient (Wildman–Crippen LogP) is 3.29. The minimum absolute atomic E-state index is 0.785. The molecule has 1 aromatic carbocycles. The summed E-state index contributed by atoms with van der Waals surface area (Å²) in [4.78, 5) is 8.76. The number of amidine groups is 1. The van der Waals surface area contributed by atoms with Crippen molar-refractivity contribution < 1.29 is 0 Å². The molecule has 0 bridgehead atoms.